The van der Waals surface area contributed by atoms with Gasteiger partial charge >= 0.3 is 27.7 Å². The molecule has 0 aliphatic heterocycles. The molecule has 0 N–H and O–H groups in total. The van der Waals surface area contributed by atoms with Crippen molar-refractivity contribution >= 4 is 9.53 Å². The summed E-state index contributed by atoms with van der Waals surface area (Å²) in [6.45, 7) is 6.50. The molecule has 0 spiro atoms. The Kier molecular flexibility index (Phi) is 41.1. The van der Waals surface area contributed by atoms with Crippen molar-refractivity contribution in [3.63, 3.8) is 0 Å². The fraction of sp³-hybridized carbons (Fsp3) is 0.333. The molecule has 0 aromatic heterocycles. The molecule has 0 nitrogen and oxygen atoms in total. The van der Waals surface area contributed by atoms with E-state index in [1.54, 1.807) is 6.92 Å². The van der Waals surface area contributed by atoms with Gasteiger partial charge in [0.15, 0.2) is 0 Å². The molecular weight excluding hydrogens is 178 g/mol. The molecule has 0 atom stereocenters. The molecule has 0 saturated carbocycles. The molecule has 0 aromatic carbocycles. The Labute approximate surface area is 47.6 Å². The molecule has 0 aromatic rings. The van der Waals surface area contributed by atoms with E-state index in [1.165, 1.54) is 6.08 Å². The molecule has 0 saturated heterocycles. The van der Waals surface area contributed by atoms with Crippen LogP contribution in [0.3, 0.4) is 0 Å². The zero-order valence-electron chi connectivity index (χ0n) is 2.85. The van der Waals surface area contributed by atoms with E-state index in [1.807, 2.05) is 0 Å². The second kappa shape index (κ2) is 22.3. The van der Waals surface area contributed by atoms with Crippen LogP contribution in [0.15, 0.2) is 6.08 Å². The Morgan fingerprint density at radius 3 is 1.80 bits per heavy atom. The normalized spacial score (nSPS) is 4.00. The van der Waals surface area contributed by atoms with Gasteiger partial charge in [-0.15, -0.1) is 0 Å². The van der Waals surface area contributed by atoms with E-state index in [4.69, 9.17) is 6.58 Å². The molecule has 2 heteroatoms. The van der Waals surface area contributed by atoms with Crippen molar-refractivity contribution < 1.29 is 18.2 Å². The molecule has 0 amide bonds. The van der Waals surface area contributed by atoms with Crippen LogP contribution in [0, 0.1) is 6.58 Å². The van der Waals surface area contributed by atoms with Crippen molar-refractivity contribution in [2.45, 2.75) is 6.92 Å². The van der Waals surface area contributed by atoms with E-state index in [9.17, 15) is 0 Å². The van der Waals surface area contributed by atoms with Crippen molar-refractivity contribution in [1.82, 2.24) is 0 Å². The van der Waals surface area contributed by atoms with Gasteiger partial charge in [-0.25, -0.2) is 0 Å². The minimum atomic E-state index is 1.50. The summed E-state index contributed by atoms with van der Waals surface area (Å²) in [4.78, 5) is 0. The second-order valence-corrected chi connectivity index (χ2v) is 0.333. The van der Waals surface area contributed by atoms with Crippen LogP contribution < -0.4 is 0 Å². The van der Waals surface area contributed by atoms with E-state index in [0.717, 1.165) is 0 Å². The van der Waals surface area contributed by atoms with Crippen LogP contribution in [0.5, 0.6) is 0 Å². The van der Waals surface area contributed by atoms with Gasteiger partial charge in [-0.3, -0.25) is 6.08 Å². The van der Waals surface area contributed by atoms with Gasteiger partial charge < -0.3 is 6.58 Å². The second-order valence-electron chi connectivity index (χ2n) is 0.333. The predicted octanol–water partition coefficient (Wildman–Crippen LogP) is 1.68. The zero-order valence-corrected chi connectivity index (χ0v) is 5.16. The van der Waals surface area contributed by atoms with Gasteiger partial charge in [0.25, 0.3) is 0 Å². The van der Waals surface area contributed by atoms with Gasteiger partial charge in [0.05, 0.1) is 0 Å². The van der Waals surface area contributed by atoms with Gasteiger partial charge in [0.1, 0.15) is 0 Å². The first-order valence-corrected chi connectivity index (χ1v) is 3.03. The van der Waals surface area contributed by atoms with E-state index in [2.05, 4.69) is 27.7 Å². The Bertz CT molecular complexity index is 14.4. The van der Waals surface area contributed by atoms with E-state index in [-0.39, 0.29) is 0 Å². The summed E-state index contributed by atoms with van der Waals surface area (Å²) in [5.74, 6) is 0. The van der Waals surface area contributed by atoms with Crippen LogP contribution in [0.4, 0.5) is 0 Å². The molecule has 0 fully saturated rings. The van der Waals surface area contributed by atoms with Crippen molar-refractivity contribution in [2.75, 3.05) is 0 Å². The Morgan fingerprint density at radius 1 is 1.80 bits per heavy atom. The van der Waals surface area contributed by atoms with Crippen LogP contribution in [-0.2, 0) is 18.2 Å². The molecule has 0 rings (SSSR count). The molecule has 5 heavy (non-hydrogen) atoms. The van der Waals surface area contributed by atoms with Crippen molar-refractivity contribution in [1.29, 1.82) is 0 Å². The monoisotopic (exact) mass is 182 g/mol. The summed E-state index contributed by atoms with van der Waals surface area (Å²) in [5.41, 5.74) is 0. The number of rotatable bonds is 0. The summed E-state index contributed by atoms with van der Waals surface area (Å²) in [6.07, 6.45) is 1.50. The van der Waals surface area contributed by atoms with E-state index < -0.39 is 0 Å². The molecule has 0 aliphatic rings. The third-order valence-electron chi connectivity index (χ3n) is 0. The average molecular weight is 183 g/mol. The SMILES string of the molecule is [CH-]=CC.[Cl][Pd+]. The molecule has 0 radical (unpaired) electrons. The summed E-state index contributed by atoms with van der Waals surface area (Å²) in [6, 6.07) is 0. The molecule has 0 heterocycles. The molecule has 34 valence electrons. The average Bonchev–Trinajstić information content (AvgIpc) is 1.46. The van der Waals surface area contributed by atoms with Gasteiger partial charge in [0.2, 0.25) is 0 Å². The maximum atomic E-state index is 4.72. The van der Waals surface area contributed by atoms with E-state index >= 15 is 0 Å². The van der Waals surface area contributed by atoms with Crippen LogP contribution in [0.2, 0.25) is 0 Å². The van der Waals surface area contributed by atoms with Gasteiger partial charge in [-0.1, -0.05) is 6.92 Å². The summed E-state index contributed by atoms with van der Waals surface area (Å²) in [5, 5.41) is 0. The number of allylic oxidation sites excluding steroid dienone is 1. The van der Waals surface area contributed by atoms with Crippen molar-refractivity contribution in [3.05, 3.63) is 12.7 Å². The van der Waals surface area contributed by atoms with Crippen molar-refractivity contribution in [3.8, 4) is 0 Å². The third-order valence-corrected chi connectivity index (χ3v) is 0. The van der Waals surface area contributed by atoms with Gasteiger partial charge in [-0.2, -0.15) is 0 Å². The van der Waals surface area contributed by atoms with Crippen LogP contribution >= 0.6 is 9.53 Å². The molecule has 0 aliphatic carbocycles. The van der Waals surface area contributed by atoms with Crippen LogP contribution in [0.25, 0.3) is 0 Å². The Hall–Kier alpha value is 0.692. The maximum absolute atomic E-state index is 4.72. The first kappa shape index (κ1) is 9.19. The van der Waals surface area contributed by atoms with Gasteiger partial charge in [0, 0.05) is 0 Å². The first-order chi connectivity index (χ1) is 2.41. The Morgan fingerprint density at radius 2 is 1.80 bits per heavy atom. The Balaban J connectivity index is 0. The third kappa shape index (κ3) is 71.0. The molecule has 0 unspecified atom stereocenters. The zero-order chi connectivity index (χ0) is 4.71. The van der Waals surface area contributed by atoms with Crippen LogP contribution in [-0.4, -0.2) is 0 Å². The number of hydrogen-bond donors (Lipinski definition) is 0. The fourth-order valence-corrected chi connectivity index (χ4v) is 0. The quantitative estimate of drug-likeness (QED) is 0.395. The first-order valence-electron chi connectivity index (χ1n) is 1.03. The predicted molar refractivity (Wildman–Crippen MR) is 20.4 cm³/mol. The van der Waals surface area contributed by atoms with E-state index in [0.29, 0.717) is 0 Å². The summed E-state index contributed by atoms with van der Waals surface area (Å²) in [7, 11) is 4.49. The summed E-state index contributed by atoms with van der Waals surface area (Å²) < 4.78 is 0. The number of hydrogen-bond acceptors (Lipinski definition) is 0. The van der Waals surface area contributed by atoms with Crippen LogP contribution in [0.1, 0.15) is 6.92 Å². The number of halogens is 1. The van der Waals surface area contributed by atoms with Crippen molar-refractivity contribution in [2.24, 2.45) is 0 Å². The fourth-order valence-electron chi connectivity index (χ4n) is 0. The standard InChI is InChI=1S/C3H5.ClH.Pd/c1-3-2;;/h1,3H,2H3;1H;/q-1;;+2/p-1. The topological polar surface area (TPSA) is 0 Å². The van der Waals surface area contributed by atoms with Gasteiger partial charge in [-0.05, 0) is 0 Å². The molecule has 0 bridgehead atoms. The minimum absolute atomic E-state index is 1.50. The molecular formula is C3H5ClPd. The summed E-state index contributed by atoms with van der Waals surface area (Å²) >= 11 is 2.22.